The van der Waals surface area contributed by atoms with E-state index in [0.29, 0.717) is 13.2 Å². The van der Waals surface area contributed by atoms with E-state index < -0.39 is 0 Å². The number of nitrogens with zero attached hydrogens (tertiary/aromatic N) is 6. The number of ether oxygens (including phenoxy) is 1. The maximum atomic E-state index is 5.99. The van der Waals surface area contributed by atoms with Crippen molar-refractivity contribution in [1.29, 1.82) is 0 Å². The second-order valence-electron chi connectivity index (χ2n) is 8.35. The molecule has 0 aromatic carbocycles. The van der Waals surface area contributed by atoms with Gasteiger partial charge in [0.05, 0.1) is 25.9 Å². The van der Waals surface area contributed by atoms with E-state index in [0.717, 1.165) is 55.6 Å². The van der Waals surface area contributed by atoms with E-state index in [1.54, 1.807) is 0 Å². The van der Waals surface area contributed by atoms with Gasteiger partial charge in [0.25, 0.3) is 0 Å². The Labute approximate surface area is 185 Å². The van der Waals surface area contributed by atoms with Crippen LogP contribution in [0.5, 0.6) is 0 Å². The Morgan fingerprint density at radius 1 is 1.16 bits per heavy atom. The first kappa shape index (κ1) is 21.6. The minimum absolute atomic E-state index is 0.0147. The molecule has 8 nitrogen and oxygen atoms in total. The fourth-order valence-electron chi connectivity index (χ4n) is 4.24. The predicted molar refractivity (Wildman–Crippen MR) is 123 cm³/mol. The molecule has 0 aliphatic carbocycles. The lowest BCUT2D eigenvalue weighted by atomic mass is 10.1. The van der Waals surface area contributed by atoms with Gasteiger partial charge in [0, 0.05) is 51.2 Å². The fraction of sp³-hybridized carbons (Fsp3) is 0.609. The van der Waals surface area contributed by atoms with Crippen molar-refractivity contribution in [3.8, 4) is 0 Å². The van der Waals surface area contributed by atoms with Crippen LogP contribution in [-0.4, -0.2) is 65.0 Å². The molecule has 0 saturated carbocycles. The summed E-state index contributed by atoms with van der Waals surface area (Å²) in [4.78, 5) is 14.3. The van der Waals surface area contributed by atoms with Gasteiger partial charge in [0.15, 0.2) is 5.96 Å². The monoisotopic (exact) mass is 425 g/mol. The quantitative estimate of drug-likeness (QED) is 0.587. The Bertz CT molecular complexity index is 840. The molecule has 4 heterocycles. The molecule has 31 heavy (non-hydrogen) atoms. The van der Waals surface area contributed by atoms with E-state index >= 15 is 0 Å². The first-order valence-electron chi connectivity index (χ1n) is 11.6. The van der Waals surface area contributed by atoms with E-state index in [2.05, 4.69) is 39.3 Å². The molecule has 0 spiro atoms. The molecule has 0 amide bonds. The Morgan fingerprint density at radius 3 is 2.68 bits per heavy atom. The van der Waals surface area contributed by atoms with Crippen molar-refractivity contribution in [3.63, 3.8) is 0 Å². The van der Waals surface area contributed by atoms with Gasteiger partial charge in [-0.25, -0.2) is 9.98 Å². The standard InChI is InChI=1S/C23H35N7O/c1-3-24-23(30-12-13-31-21(18-30)20-16-27-28(2)17-20)26-15-19-8-9-22(25-14-19)29-10-6-4-5-7-11-29/h8-9,14,16-17,21H,3-7,10-13,15,18H2,1-2H3,(H,24,26). The summed E-state index contributed by atoms with van der Waals surface area (Å²) in [6.45, 7) is 8.05. The van der Waals surface area contributed by atoms with E-state index in [1.807, 2.05) is 30.3 Å². The highest BCUT2D eigenvalue weighted by atomic mass is 16.5. The molecular weight excluding hydrogens is 390 g/mol. The van der Waals surface area contributed by atoms with Gasteiger partial charge in [-0.15, -0.1) is 0 Å². The van der Waals surface area contributed by atoms with Gasteiger partial charge in [0.2, 0.25) is 0 Å². The largest absolute Gasteiger partial charge is 0.370 e. The van der Waals surface area contributed by atoms with Gasteiger partial charge < -0.3 is 19.9 Å². The van der Waals surface area contributed by atoms with Crippen LogP contribution < -0.4 is 10.2 Å². The summed E-state index contributed by atoms with van der Waals surface area (Å²) in [5.74, 6) is 2.02. The van der Waals surface area contributed by atoms with Gasteiger partial charge in [-0.1, -0.05) is 18.9 Å². The van der Waals surface area contributed by atoms with Gasteiger partial charge >= 0.3 is 0 Å². The van der Waals surface area contributed by atoms with Crippen molar-refractivity contribution < 1.29 is 4.74 Å². The van der Waals surface area contributed by atoms with Crippen LogP contribution in [0.2, 0.25) is 0 Å². The molecule has 168 valence electrons. The average Bonchev–Trinajstić information content (AvgIpc) is 3.06. The highest BCUT2D eigenvalue weighted by molar-refractivity contribution is 5.80. The van der Waals surface area contributed by atoms with E-state index in [9.17, 15) is 0 Å². The Hall–Kier alpha value is -2.61. The summed E-state index contributed by atoms with van der Waals surface area (Å²) in [6, 6.07) is 4.31. The Morgan fingerprint density at radius 2 is 2.00 bits per heavy atom. The van der Waals surface area contributed by atoms with Gasteiger partial charge in [-0.05, 0) is 31.4 Å². The summed E-state index contributed by atoms with van der Waals surface area (Å²) in [6.07, 6.45) is 11.1. The molecule has 8 heteroatoms. The number of anilines is 1. The zero-order chi connectivity index (χ0) is 21.5. The molecule has 0 bridgehead atoms. The van der Waals surface area contributed by atoms with Crippen molar-refractivity contribution in [2.75, 3.05) is 44.2 Å². The summed E-state index contributed by atoms with van der Waals surface area (Å²) in [5.41, 5.74) is 2.24. The average molecular weight is 426 g/mol. The van der Waals surface area contributed by atoms with Crippen molar-refractivity contribution in [1.82, 2.24) is 25.0 Å². The first-order chi connectivity index (χ1) is 15.2. The number of hydrogen-bond acceptors (Lipinski definition) is 5. The van der Waals surface area contributed by atoms with Crippen molar-refractivity contribution >= 4 is 11.8 Å². The van der Waals surface area contributed by atoms with Crippen molar-refractivity contribution in [3.05, 3.63) is 41.9 Å². The van der Waals surface area contributed by atoms with Gasteiger partial charge in [0.1, 0.15) is 11.9 Å². The van der Waals surface area contributed by atoms with E-state index in [4.69, 9.17) is 14.7 Å². The second kappa shape index (κ2) is 10.6. The summed E-state index contributed by atoms with van der Waals surface area (Å²) >= 11 is 0. The smallest absolute Gasteiger partial charge is 0.194 e. The van der Waals surface area contributed by atoms with Crippen LogP contribution in [0.4, 0.5) is 5.82 Å². The molecule has 1 N–H and O–H groups in total. The maximum absolute atomic E-state index is 5.99. The third-order valence-corrected chi connectivity index (χ3v) is 5.95. The summed E-state index contributed by atoms with van der Waals surface area (Å²) in [7, 11) is 1.93. The summed E-state index contributed by atoms with van der Waals surface area (Å²) < 4.78 is 7.80. The molecule has 2 aliphatic heterocycles. The third-order valence-electron chi connectivity index (χ3n) is 5.95. The number of guanidine groups is 1. The molecule has 4 rings (SSSR count). The van der Waals surface area contributed by atoms with Gasteiger partial charge in [-0.2, -0.15) is 5.10 Å². The minimum atomic E-state index is 0.0147. The molecule has 1 unspecified atom stereocenters. The van der Waals surface area contributed by atoms with Crippen LogP contribution in [0.3, 0.4) is 0 Å². The molecule has 2 aromatic rings. The normalized spacial score (nSPS) is 20.6. The molecule has 1 atom stereocenters. The molecule has 0 radical (unpaired) electrons. The molecule has 2 aromatic heterocycles. The first-order valence-corrected chi connectivity index (χ1v) is 11.6. The topological polar surface area (TPSA) is 70.8 Å². The predicted octanol–water partition coefficient (Wildman–Crippen LogP) is 2.73. The highest BCUT2D eigenvalue weighted by Crippen LogP contribution is 2.22. The number of hydrogen-bond donors (Lipinski definition) is 1. The van der Waals surface area contributed by atoms with Crippen molar-refractivity contribution in [2.45, 2.75) is 45.3 Å². The maximum Gasteiger partial charge on any atom is 0.194 e. The third kappa shape index (κ3) is 5.76. The number of morpholine rings is 1. The minimum Gasteiger partial charge on any atom is -0.370 e. The number of nitrogens with one attached hydrogen (secondary N) is 1. The van der Waals surface area contributed by atoms with Crippen LogP contribution in [0.25, 0.3) is 0 Å². The van der Waals surface area contributed by atoms with Crippen LogP contribution in [0.1, 0.15) is 49.8 Å². The molecule has 2 fully saturated rings. The lowest BCUT2D eigenvalue weighted by Crippen LogP contribution is -2.48. The number of pyridine rings is 1. The lowest BCUT2D eigenvalue weighted by Gasteiger charge is -2.34. The second-order valence-corrected chi connectivity index (χ2v) is 8.35. The highest BCUT2D eigenvalue weighted by Gasteiger charge is 2.25. The SMILES string of the molecule is CCNC(=NCc1ccc(N2CCCCCC2)nc1)N1CCOC(c2cnn(C)c2)C1. The van der Waals surface area contributed by atoms with Gasteiger partial charge in [-0.3, -0.25) is 4.68 Å². The molecule has 2 aliphatic rings. The number of aryl methyl sites for hydroxylation is 1. The van der Waals surface area contributed by atoms with Crippen LogP contribution in [0, 0.1) is 0 Å². The summed E-state index contributed by atoms with van der Waals surface area (Å²) in [5, 5.41) is 7.72. The van der Waals surface area contributed by atoms with Crippen LogP contribution >= 0.6 is 0 Å². The van der Waals surface area contributed by atoms with Crippen LogP contribution in [-0.2, 0) is 18.3 Å². The fourth-order valence-corrected chi connectivity index (χ4v) is 4.24. The number of aliphatic imine (C=N–C) groups is 1. The van der Waals surface area contributed by atoms with Crippen LogP contribution in [0.15, 0.2) is 35.7 Å². The van der Waals surface area contributed by atoms with E-state index in [1.165, 1.54) is 25.7 Å². The number of rotatable bonds is 5. The Balaban J connectivity index is 1.40. The van der Waals surface area contributed by atoms with E-state index in [-0.39, 0.29) is 6.10 Å². The number of aromatic nitrogens is 3. The zero-order valence-electron chi connectivity index (χ0n) is 18.8. The molecule has 2 saturated heterocycles. The Kier molecular flexibility index (Phi) is 7.40. The zero-order valence-corrected chi connectivity index (χ0v) is 18.8. The lowest BCUT2D eigenvalue weighted by molar-refractivity contribution is -0.00805. The molecular formula is C23H35N7O. The van der Waals surface area contributed by atoms with Crippen molar-refractivity contribution in [2.24, 2.45) is 12.0 Å².